The van der Waals surface area contributed by atoms with Gasteiger partial charge < -0.3 is 36.3 Å². The van der Waals surface area contributed by atoms with Gasteiger partial charge >= 0.3 is 0 Å². The van der Waals surface area contributed by atoms with Crippen LogP contribution in [-0.4, -0.2) is 19.0 Å². The number of nitrogens with one attached hydrogen (secondary N) is 2. The second-order valence-electron chi connectivity index (χ2n) is 13.6. The Kier molecular flexibility index (Phi) is 36.8. The van der Waals surface area contributed by atoms with Crippen LogP contribution in [0.2, 0.25) is 26.2 Å². The molecule has 2 nitrogen and oxygen atoms in total. The monoisotopic (exact) mass is 1130 g/mol. The molecule has 6 aromatic rings. The zero-order valence-corrected chi connectivity index (χ0v) is 45.3. The van der Waals surface area contributed by atoms with Crippen molar-refractivity contribution in [2.45, 2.75) is 105 Å². The van der Waals surface area contributed by atoms with Gasteiger partial charge in [-0.05, 0) is 23.7 Å². The summed E-state index contributed by atoms with van der Waals surface area (Å²) < 4.78 is 0. The molecule has 0 bridgehead atoms. The quantitative estimate of drug-likeness (QED) is 0.125. The van der Waals surface area contributed by atoms with Crippen LogP contribution in [0.25, 0.3) is 33.0 Å². The molecule has 8 heteroatoms. The Balaban J connectivity index is -0.000000289. The molecule has 0 unspecified atom stereocenters. The Morgan fingerprint density at radius 1 is 0.407 bits per heavy atom. The van der Waals surface area contributed by atoms with Gasteiger partial charge in [0.25, 0.3) is 0 Å². The molecule has 0 amide bonds. The minimum Gasteiger partial charge on any atom is -1.00 e. The van der Waals surface area contributed by atoms with Crippen molar-refractivity contribution in [2.24, 2.45) is 0 Å². The van der Waals surface area contributed by atoms with Crippen LogP contribution in [0.1, 0.15) is 101 Å². The summed E-state index contributed by atoms with van der Waals surface area (Å²) in [7, 11) is 2.17. The molecule has 0 saturated carbocycles. The standard InChI is InChI=1S/2C12H18N.2C9H7.2C2H6Si.2ClH.2Hf/c2*1-8(2)10-6-5-7-11(9(3)4)12(10)13;2*1-2-5-9-7-3-6-8(9)4-1;2*1-3-2;;;;/h2*5-9,13H,1-4H3;2*1-7H;2*1-2H3;2*1H;;/q4*-1;;;;;;/p-2. The van der Waals surface area contributed by atoms with Gasteiger partial charge in [0, 0.05) is 70.7 Å². The molecule has 0 aliphatic carbocycles. The van der Waals surface area contributed by atoms with Gasteiger partial charge in [0.15, 0.2) is 0 Å². The molecule has 0 aliphatic heterocycles. The van der Waals surface area contributed by atoms with Crippen molar-refractivity contribution in [3.63, 3.8) is 0 Å². The molecule has 6 rings (SSSR count). The van der Waals surface area contributed by atoms with Crippen molar-refractivity contribution < 1.29 is 76.5 Å². The average molecular weight is 1130 g/mol. The maximum absolute atomic E-state index is 8.01. The molecule has 0 aliphatic rings. The van der Waals surface area contributed by atoms with E-state index in [9.17, 15) is 0 Å². The summed E-state index contributed by atoms with van der Waals surface area (Å²) >= 11 is 0. The fourth-order valence-corrected chi connectivity index (χ4v) is 5.24. The molecule has 0 atom stereocenters. The van der Waals surface area contributed by atoms with Gasteiger partial charge in [-0.2, -0.15) is 35.0 Å². The number of fused-ring (bicyclic) bond motifs is 2. The molecular weight excluding hydrogens is 1060 g/mol. The Bertz CT molecular complexity index is 1520. The summed E-state index contributed by atoms with van der Waals surface area (Å²) in [4.78, 5) is 0. The normalized spacial score (nSPS) is 9.48. The SMILES string of the molecule is CC(C)c1cccc(C(C)C)c1[NH-].CC(C)c1cccc(C(C)C)c1[NH-].C[Si]C.C[Si]C.[Cl-].[Cl-].[Hf].[Hf].c1ccc2[cH-]ccc2c1.c1ccc2[cH-]ccc2c1. The van der Waals surface area contributed by atoms with Gasteiger partial charge in [0.05, 0.1) is 0 Å². The summed E-state index contributed by atoms with van der Waals surface area (Å²) in [5, 5.41) is 5.32. The molecule has 292 valence electrons. The van der Waals surface area contributed by atoms with E-state index < -0.39 is 0 Å². The van der Waals surface area contributed by atoms with E-state index in [1.54, 1.807) is 0 Å². The average Bonchev–Trinajstić information content (AvgIpc) is 3.76. The third-order valence-electron chi connectivity index (χ3n) is 7.84. The van der Waals surface area contributed by atoms with Crippen molar-refractivity contribution in [3.05, 3.63) is 155 Å². The third-order valence-corrected chi connectivity index (χ3v) is 7.84. The van der Waals surface area contributed by atoms with E-state index >= 15 is 0 Å². The molecule has 0 heterocycles. The minimum absolute atomic E-state index is 0. The van der Waals surface area contributed by atoms with E-state index in [2.05, 4.69) is 203 Å². The van der Waals surface area contributed by atoms with Crippen LogP contribution in [0.15, 0.2) is 121 Å². The van der Waals surface area contributed by atoms with Crippen LogP contribution >= 0.6 is 0 Å². The van der Waals surface area contributed by atoms with E-state index in [0.717, 1.165) is 52.7 Å². The van der Waals surface area contributed by atoms with Gasteiger partial charge in [-0.15, -0.1) is 70.7 Å². The summed E-state index contributed by atoms with van der Waals surface area (Å²) in [6.07, 6.45) is 0. The molecule has 0 aromatic heterocycles. The van der Waals surface area contributed by atoms with Crippen molar-refractivity contribution in [1.29, 1.82) is 0 Å². The van der Waals surface area contributed by atoms with E-state index in [1.165, 1.54) is 21.5 Å². The first-order chi connectivity index (χ1) is 23.8. The largest absolute Gasteiger partial charge is 1.00 e. The van der Waals surface area contributed by atoms with Crippen molar-refractivity contribution in [3.8, 4) is 0 Å². The van der Waals surface area contributed by atoms with Crippen LogP contribution in [0.5, 0.6) is 0 Å². The van der Waals surface area contributed by atoms with E-state index in [-0.39, 0.29) is 76.5 Å². The Morgan fingerprint density at radius 2 is 0.648 bits per heavy atom. The van der Waals surface area contributed by atoms with Gasteiger partial charge in [-0.1, -0.05) is 152 Å². The number of rotatable bonds is 4. The maximum atomic E-state index is 8.01. The summed E-state index contributed by atoms with van der Waals surface area (Å²) in [6.45, 7) is 25.7. The smallest absolute Gasteiger partial charge is 0.0307 e. The predicted octanol–water partition coefficient (Wildman–Crippen LogP) is 9.93. The third kappa shape index (κ3) is 21.1. The molecule has 0 fully saturated rings. The first-order valence-electron chi connectivity index (χ1n) is 17.9. The number of halogens is 2. The Hall–Kier alpha value is -1.55. The second-order valence-corrected chi connectivity index (χ2v) is 15.6. The van der Waals surface area contributed by atoms with Gasteiger partial charge in [-0.3, -0.25) is 0 Å². The van der Waals surface area contributed by atoms with E-state index in [4.69, 9.17) is 11.5 Å². The van der Waals surface area contributed by atoms with Gasteiger partial charge in [-0.25, -0.2) is 0 Å². The number of benzene rings is 4. The zero-order valence-electron chi connectivity index (χ0n) is 34.6. The molecule has 0 saturated heterocycles. The molecule has 0 spiro atoms. The molecule has 54 heavy (non-hydrogen) atoms. The van der Waals surface area contributed by atoms with Crippen LogP contribution < -0.4 is 24.8 Å². The van der Waals surface area contributed by atoms with E-state index in [1.807, 2.05) is 0 Å². The fourth-order valence-electron chi connectivity index (χ4n) is 5.24. The van der Waals surface area contributed by atoms with Gasteiger partial charge in [0.2, 0.25) is 0 Å². The number of hydrogen-bond acceptors (Lipinski definition) is 0. The van der Waals surface area contributed by atoms with Crippen LogP contribution in [0.4, 0.5) is 11.4 Å². The Labute approximate surface area is 385 Å². The van der Waals surface area contributed by atoms with Crippen LogP contribution in [-0.2, 0) is 51.7 Å². The summed E-state index contributed by atoms with van der Waals surface area (Å²) in [5.41, 5.74) is 22.1. The minimum atomic E-state index is 0. The first kappa shape index (κ1) is 59.2. The van der Waals surface area contributed by atoms with Crippen molar-refractivity contribution in [1.82, 2.24) is 0 Å². The molecule has 6 aromatic carbocycles. The molecule has 2 N–H and O–H groups in total. The zero-order chi connectivity index (χ0) is 37.6. The number of hydrogen-bond donors (Lipinski definition) is 0. The Morgan fingerprint density at radius 3 is 0.870 bits per heavy atom. The molecule has 4 radical (unpaired) electrons. The second kappa shape index (κ2) is 33.6. The predicted molar refractivity (Wildman–Crippen MR) is 231 cm³/mol. The summed E-state index contributed by atoms with van der Waals surface area (Å²) in [5.74, 6) is 1.80. The molecular formula is C46H62Cl2Hf2N2Si2-6. The summed E-state index contributed by atoms with van der Waals surface area (Å²) in [6, 6.07) is 41.7. The van der Waals surface area contributed by atoms with E-state index in [0.29, 0.717) is 23.7 Å². The topological polar surface area (TPSA) is 47.6 Å². The van der Waals surface area contributed by atoms with Crippen molar-refractivity contribution >= 4 is 52.0 Å². The fraction of sp³-hybridized carbons (Fsp3) is 0.348. The van der Waals surface area contributed by atoms with Crippen LogP contribution in [0.3, 0.4) is 0 Å². The maximum Gasteiger partial charge on any atom is 0.0307 e. The first-order valence-corrected chi connectivity index (χ1v) is 21.9. The van der Waals surface area contributed by atoms with Crippen molar-refractivity contribution in [2.75, 3.05) is 0 Å². The van der Waals surface area contributed by atoms with Crippen LogP contribution in [0, 0.1) is 0 Å². The van der Waals surface area contributed by atoms with Gasteiger partial charge in [0.1, 0.15) is 0 Å².